The summed E-state index contributed by atoms with van der Waals surface area (Å²) in [5.74, 6) is 0.846. The van der Waals surface area contributed by atoms with Crippen molar-refractivity contribution >= 4 is 11.8 Å². The molecule has 0 saturated heterocycles. The average molecular weight is 261 g/mol. The molecule has 2 aromatic rings. The van der Waals surface area contributed by atoms with Gasteiger partial charge in [0, 0.05) is 17.3 Å². The molecule has 0 bridgehead atoms. The summed E-state index contributed by atoms with van der Waals surface area (Å²) < 4.78 is 5.11. The minimum atomic E-state index is 0.619. The van der Waals surface area contributed by atoms with Crippen LogP contribution in [0.3, 0.4) is 0 Å². The number of nitrogens with zero attached hydrogens (tertiary/aromatic N) is 2. The Kier molecular flexibility index (Phi) is 4.55. The largest absolute Gasteiger partial charge is 0.497 e. The van der Waals surface area contributed by atoms with E-state index in [4.69, 9.17) is 10.5 Å². The number of rotatable bonds is 5. The summed E-state index contributed by atoms with van der Waals surface area (Å²) in [7, 11) is 1.65. The highest BCUT2D eigenvalue weighted by molar-refractivity contribution is 7.99. The molecule has 0 amide bonds. The Bertz CT molecular complexity index is 485. The van der Waals surface area contributed by atoms with Crippen LogP contribution in [-0.4, -0.2) is 23.6 Å². The minimum Gasteiger partial charge on any atom is -0.497 e. The summed E-state index contributed by atoms with van der Waals surface area (Å²) in [6, 6.07) is 7.82. The van der Waals surface area contributed by atoms with E-state index in [9.17, 15) is 0 Å². The standard InChI is InChI=1S/C13H15N3OS/c1-17-11-2-4-12(5-3-11)18-13-15-8-10(6-7-14)9-16-13/h2-5,8-9H,6-7,14H2,1H3. The Hall–Kier alpha value is -1.59. The second-order valence-corrected chi connectivity index (χ2v) is 4.73. The van der Waals surface area contributed by atoms with Gasteiger partial charge in [0.05, 0.1) is 7.11 Å². The quantitative estimate of drug-likeness (QED) is 0.835. The number of aromatic nitrogens is 2. The van der Waals surface area contributed by atoms with Gasteiger partial charge in [0.2, 0.25) is 0 Å². The van der Waals surface area contributed by atoms with Crippen LogP contribution in [0.2, 0.25) is 0 Å². The first-order valence-electron chi connectivity index (χ1n) is 5.64. The molecular weight excluding hydrogens is 246 g/mol. The maximum atomic E-state index is 5.48. The van der Waals surface area contributed by atoms with E-state index in [2.05, 4.69) is 9.97 Å². The maximum Gasteiger partial charge on any atom is 0.192 e. The summed E-state index contributed by atoms with van der Waals surface area (Å²) in [5.41, 5.74) is 6.54. The molecule has 0 saturated carbocycles. The predicted octanol–water partition coefficient (Wildman–Crippen LogP) is 2.14. The van der Waals surface area contributed by atoms with Crippen LogP contribution < -0.4 is 10.5 Å². The highest BCUT2D eigenvalue weighted by Crippen LogP contribution is 2.25. The third-order valence-electron chi connectivity index (χ3n) is 2.38. The van der Waals surface area contributed by atoms with Crippen LogP contribution in [0.15, 0.2) is 46.7 Å². The van der Waals surface area contributed by atoms with E-state index in [0.717, 1.165) is 27.8 Å². The number of methoxy groups -OCH3 is 1. The van der Waals surface area contributed by atoms with Crippen molar-refractivity contribution in [3.8, 4) is 5.75 Å². The fraction of sp³-hybridized carbons (Fsp3) is 0.231. The molecule has 94 valence electrons. The monoisotopic (exact) mass is 261 g/mol. The zero-order valence-electron chi connectivity index (χ0n) is 10.2. The molecule has 0 spiro atoms. The Labute approximate surface area is 111 Å². The second kappa shape index (κ2) is 6.37. The molecule has 0 aliphatic heterocycles. The molecule has 4 nitrogen and oxygen atoms in total. The van der Waals surface area contributed by atoms with Crippen LogP contribution in [0, 0.1) is 0 Å². The van der Waals surface area contributed by atoms with Gasteiger partial charge in [-0.3, -0.25) is 0 Å². The molecule has 1 aromatic carbocycles. The number of benzene rings is 1. The van der Waals surface area contributed by atoms with Crippen molar-refractivity contribution in [3.63, 3.8) is 0 Å². The Balaban J connectivity index is 2.03. The van der Waals surface area contributed by atoms with Gasteiger partial charge in [0.15, 0.2) is 5.16 Å². The number of hydrogen-bond donors (Lipinski definition) is 1. The summed E-state index contributed by atoms with van der Waals surface area (Å²) in [5, 5.41) is 0.737. The summed E-state index contributed by atoms with van der Waals surface area (Å²) in [4.78, 5) is 9.69. The highest BCUT2D eigenvalue weighted by atomic mass is 32.2. The van der Waals surface area contributed by atoms with E-state index in [1.165, 1.54) is 11.8 Å². The molecule has 0 atom stereocenters. The zero-order valence-corrected chi connectivity index (χ0v) is 11.0. The molecule has 2 rings (SSSR count). The first kappa shape index (κ1) is 12.9. The van der Waals surface area contributed by atoms with E-state index < -0.39 is 0 Å². The SMILES string of the molecule is COc1ccc(Sc2ncc(CCN)cn2)cc1. The normalized spacial score (nSPS) is 10.3. The molecule has 0 unspecified atom stereocenters. The van der Waals surface area contributed by atoms with Gasteiger partial charge in [0.1, 0.15) is 5.75 Å². The molecule has 5 heteroatoms. The third-order valence-corrected chi connectivity index (χ3v) is 3.28. The van der Waals surface area contributed by atoms with Crippen LogP contribution in [-0.2, 0) is 6.42 Å². The van der Waals surface area contributed by atoms with E-state index in [0.29, 0.717) is 6.54 Å². The lowest BCUT2D eigenvalue weighted by Crippen LogP contribution is -2.03. The number of nitrogens with two attached hydrogens (primary N) is 1. The predicted molar refractivity (Wildman–Crippen MR) is 71.9 cm³/mol. The third kappa shape index (κ3) is 3.45. The first-order chi connectivity index (χ1) is 8.81. The van der Waals surface area contributed by atoms with E-state index in [-0.39, 0.29) is 0 Å². The second-order valence-electron chi connectivity index (χ2n) is 3.69. The summed E-state index contributed by atoms with van der Waals surface area (Å²) >= 11 is 1.52. The Morgan fingerprint density at radius 3 is 2.39 bits per heavy atom. The van der Waals surface area contributed by atoms with Gasteiger partial charge in [-0.05, 0) is 54.6 Å². The fourth-order valence-electron chi connectivity index (χ4n) is 1.44. The van der Waals surface area contributed by atoms with E-state index >= 15 is 0 Å². The Morgan fingerprint density at radius 2 is 1.83 bits per heavy atom. The molecular formula is C13H15N3OS. The average Bonchev–Trinajstić information content (AvgIpc) is 2.42. The van der Waals surface area contributed by atoms with Crippen molar-refractivity contribution in [2.45, 2.75) is 16.5 Å². The number of hydrogen-bond acceptors (Lipinski definition) is 5. The van der Waals surface area contributed by atoms with Crippen molar-refractivity contribution in [3.05, 3.63) is 42.2 Å². The van der Waals surface area contributed by atoms with Gasteiger partial charge in [-0.2, -0.15) is 0 Å². The van der Waals surface area contributed by atoms with Gasteiger partial charge < -0.3 is 10.5 Å². The van der Waals surface area contributed by atoms with Gasteiger partial charge in [-0.1, -0.05) is 0 Å². The van der Waals surface area contributed by atoms with Crippen LogP contribution >= 0.6 is 11.8 Å². The van der Waals surface area contributed by atoms with Crippen LogP contribution in [0.4, 0.5) is 0 Å². The van der Waals surface area contributed by atoms with Gasteiger partial charge in [0.25, 0.3) is 0 Å². The van der Waals surface area contributed by atoms with Gasteiger partial charge in [-0.15, -0.1) is 0 Å². The van der Waals surface area contributed by atoms with E-state index in [1.54, 1.807) is 7.11 Å². The molecule has 0 aliphatic carbocycles. The fourth-order valence-corrected chi connectivity index (χ4v) is 2.13. The maximum absolute atomic E-state index is 5.48. The van der Waals surface area contributed by atoms with Crippen LogP contribution in [0.1, 0.15) is 5.56 Å². The van der Waals surface area contributed by atoms with Gasteiger partial charge >= 0.3 is 0 Å². The van der Waals surface area contributed by atoms with Gasteiger partial charge in [-0.25, -0.2) is 9.97 Å². The lowest BCUT2D eigenvalue weighted by Gasteiger charge is -2.03. The molecule has 0 radical (unpaired) electrons. The zero-order chi connectivity index (χ0) is 12.8. The van der Waals surface area contributed by atoms with Crippen LogP contribution in [0.25, 0.3) is 0 Å². The highest BCUT2D eigenvalue weighted by Gasteiger charge is 2.01. The first-order valence-corrected chi connectivity index (χ1v) is 6.46. The van der Waals surface area contributed by atoms with Crippen molar-refractivity contribution < 1.29 is 4.74 Å². The van der Waals surface area contributed by atoms with E-state index in [1.807, 2.05) is 36.7 Å². The molecule has 0 fully saturated rings. The number of ether oxygens (including phenoxy) is 1. The topological polar surface area (TPSA) is 61.0 Å². The summed E-state index contributed by atoms with van der Waals surface area (Å²) in [6.07, 6.45) is 4.46. The smallest absolute Gasteiger partial charge is 0.192 e. The molecule has 0 aliphatic rings. The summed E-state index contributed by atoms with van der Waals surface area (Å²) in [6.45, 7) is 0.619. The Morgan fingerprint density at radius 1 is 1.17 bits per heavy atom. The lowest BCUT2D eigenvalue weighted by molar-refractivity contribution is 0.414. The van der Waals surface area contributed by atoms with Crippen molar-refractivity contribution in [1.82, 2.24) is 9.97 Å². The minimum absolute atomic E-state index is 0.619. The molecule has 2 N–H and O–H groups in total. The molecule has 1 heterocycles. The molecule has 1 aromatic heterocycles. The van der Waals surface area contributed by atoms with Crippen molar-refractivity contribution in [1.29, 1.82) is 0 Å². The van der Waals surface area contributed by atoms with Crippen LogP contribution in [0.5, 0.6) is 5.75 Å². The molecule has 18 heavy (non-hydrogen) atoms. The van der Waals surface area contributed by atoms with Crippen molar-refractivity contribution in [2.24, 2.45) is 5.73 Å². The van der Waals surface area contributed by atoms with Crippen molar-refractivity contribution in [2.75, 3.05) is 13.7 Å². The lowest BCUT2D eigenvalue weighted by atomic mass is 10.2.